The van der Waals surface area contributed by atoms with Gasteiger partial charge in [0, 0.05) is 5.39 Å². The second kappa shape index (κ2) is 3.27. The summed E-state index contributed by atoms with van der Waals surface area (Å²) in [6, 6.07) is 8.01. The van der Waals surface area contributed by atoms with Crippen molar-refractivity contribution >= 4 is 16.7 Å². The average Bonchev–Trinajstić information content (AvgIpc) is 2.23. The number of nitrogens with one attached hydrogen (secondary N) is 1. The van der Waals surface area contributed by atoms with Crippen LogP contribution in [0.3, 0.4) is 0 Å². The van der Waals surface area contributed by atoms with E-state index in [4.69, 9.17) is 5.84 Å². The molecule has 1 aromatic carbocycles. The maximum atomic E-state index is 5.30. The van der Waals surface area contributed by atoms with Crippen molar-refractivity contribution in [2.45, 2.75) is 13.8 Å². The first-order valence-electron chi connectivity index (χ1n) is 4.56. The van der Waals surface area contributed by atoms with Crippen LogP contribution in [-0.4, -0.2) is 4.98 Å². The van der Waals surface area contributed by atoms with Crippen LogP contribution in [-0.2, 0) is 0 Å². The Morgan fingerprint density at radius 1 is 1.14 bits per heavy atom. The largest absolute Gasteiger partial charge is 0.308 e. The van der Waals surface area contributed by atoms with Gasteiger partial charge in [0.25, 0.3) is 0 Å². The number of fused-ring (bicyclic) bond motifs is 1. The topological polar surface area (TPSA) is 50.9 Å². The molecule has 0 aliphatic rings. The molecule has 0 radical (unpaired) electrons. The normalized spacial score (nSPS) is 10.5. The van der Waals surface area contributed by atoms with Gasteiger partial charge < -0.3 is 5.43 Å². The Balaban J connectivity index is 2.74. The van der Waals surface area contributed by atoms with Crippen molar-refractivity contribution < 1.29 is 0 Å². The SMILES string of the molecule is Cc1ccc2nc(NN)ccc2c1C. The van der Waals surface area contributed by atoms with Crippen LogP contribution in [0.2, 0.25) is 0 Å². The van der Waals surface area contributed by atoms with E-state index < -0.39 is 0 Å². The second-order valence-electron chi connectivity index (χ2n) is 3.41. The van der Waals surface area contributed by atoms with Gasteiger partial charge in [-0.05, 0) is 43.2 Å². The molecule has 3 N–H and O–H groups in total. The van der Waals surface area contributed by atoms with Crippen LogP contribution in [0.1, 0.15) is 11.1 Å². The van der Waals surface area contributed by atoms with Crippen molar-refractivity contribution in [1.82, 2.24) is 4.98 Å². The van der Waals surface area contributed by atoms with Gasteiger partial charge in [-0.3, -0.25) is 0 Å². The highest BCUT2D eigenvalue weighted by Gasteiger charge is 2.01. The first-order chi connectivity index (χ1) is 6.72. The van der Waals surface area contributed by atoms with E-state index in [1.54, 1.807) is 0 Å². The predicted octanol–water partition coefficient (Wildman–Crippen LogP) is 2.14. The number of hydrogen-bond acceptors (Lipinski definition) is 3. The fourth-order valence-corrected chi connectivity index (χ4v) is 1.54. The molecular formula is C11H13N3. The van der Waals surface area contributed by atoms with Crippen molar-refractivity contribution in [2.75, 3.05) is 5.43 Å². The third kappa shape index (κ3) is 1.32. The van der Waals surface area contributed by atoms with Crippen LogP contribution in [0.5, 0.6) is 0 Å². The van der Waals surface area contributed by atoms with Crippen LogP contribution in [0, 0.1) is 13.8 Å². The van der Waals surface area contributed by atoms with Crippen molar-refractivity contribution in [3.63, 3.8) is 0 Å². The molecule has 14 heavy (non-hydrogen) atoms. The quantitative estimate of drug-likeness (QED) is 0.531. The molecule has 72 valence electrons. The summed E-state index contributed by atoms with van der Waals surface area (Å²) in [4.78, 5) is 4.36. The Bertz CT molecular complexity index is 477. The standard InChI is InChI=1S/C11H13N3/c1-7-3-5-10-9(8(7)2)4-6-11(13-10)14-12/h3-6H,12H2,1-2H3,(H,13,14). The van der Waals surface area contributed by atoms with Crippen LogP contribution >= 0.6 is 0 Å². The first-order valence-corrected chi connectivity index (χ1v) is 4.56. The zero-order valence-electron chi connectivity index (χ0n) is 8.33. The first kappa shape index (κ1) is 8.97. The molecule has 0 fully saturated rings. The van der Waals surface area contributed by atoms with Gasteiger partial charge in [-0.2, -0.15) is 0 Å². The molecule has 0 aliphatic heterocycles. The lowest BCUT2D eigenvalue weighted by molar-refractivity contribution is 1.25. The van der Waals surface area contributed by atoms with Gasteiger partial charge in [0.2, 0.25) is 0 Å². The zero-order chi connectivity index (χ0) is 10.1. The van der Waals surface area contributed by atoms with E-state index in [2.05, 4.69) is 30.3 Å². The number of aryl methyl sites for hydroxylation is 2. The Kier molecular flexibility index (Phi) is 2.09. The van der Waals surface area contributed by atoms with Gasteiger partial charge >= 0.3 is 0 Å². The van der Waals surface area contributed by atoms with E-state index >= 15 is 0 Å². The van der Waals surface area contributed by atoms with Crippen molar-refractivity contribution in [2.24, 2.45) is 5.84 Å². The summed E-state index contributed by atoms with van der Waals surface area (Å²) in [5, 5.41) is 1.18. The minimum Gasteiger partial charge on any atom is -0.308 e. The molecule has 3 nitrogen and oxygen atoms in total. The van der Waals surface area contributed by atoms with Gasteiger partial charge in [0.15, 0.2) is 0 Å². The van der Waals surface area contributed by atoms with Gasteiger partial charge in [-0.1, -0.05) is 6.07 Å². The molecular weight excluding hydrogens is 174 g/mol. The van der Waals surface area contributed by atoms with Crippen molar-refractivity contribution in [3.05, 3.63) is 35.4 Å². The molecule has 0 saturated carbocycles. The third-order valence-corrected chi connectivity index (χ3v) is 2.56. The van der Waals surface area contributed by atoms with E-state index in [0.29, 0.717) is 5.82 Å². The highest BCUT2D eigenvalue weighted by atomic mass is 15.2. The Morgan fingerprint density at radius 3 is 2.64 bits per heavy atom. The van der Waals surface area contributed by atoms with Crippen LogP contribution < -0.4 is 11.3 Å². The summed E-state index contributed by atoms with van der Waals surface area (Å²) in [6.45, 7) is 4.21. The molecule has 0 unspecified atom stereocenters. The highest BCUT2D eigenvalue weighted by Crippen LogP contribution is 2.21. The van der Waals surface area contributed by atoms with Crippen LogP contribution in [0.4, 0.5) is 5.82 Å². The summed E-state index contributed by atoms with van der Waals surface area (Å²) in [7, 11) is 0. The Hall–Kier alpha value is -1.61. The van der Waals surface area contributed by atoms with E-state index in [1.165, 1.54) is 16.5 Å². The summed E-state index contributed by atoms with van der Waals surface area (Å²) in [6.07, 6.45) is 0. The lowest BCUT2D eigenvalue weighted by Crippen LogP contribution is -2.08. The van der Waals surface area contributed by atoms with Crippen molar-refractivity contribution in [3.8, 4) is 0 Å². The van der Waals surface area contributed by atoms with E-state index in [-0.39, 0.29) is 0 Å². The molecule has 0 aliphatic carbocycles. The number of nitrogens with two attached hydrogens (primary N) is 1. The molecule has 1 heterocycles. The molecule has 0 spiro atoms. The fraction of sp³-hybridized carbons (Fsp3) is 0.182. The van der Waals surface area contributed by atoms with Gasteiger partial charge in [-0.15, -0.1) is 0 Å². The average molecular weight is 187 g/mol. The van der Waals surface area contributed by atoms with E-state index in [1.807, 2.05) is 18.2 Å². The molecule has 2 rings (SSSR count). The van der Waals surface area contributed by atoms with Crippen LogP contribution in [0.25, 0.3) is 10.9 Å². The number of benzene rings is 1. The summed E-state index contributed by atoms with van der Waals surface area (Å²) in [5.41, 5.74) is 6.08. The smallest absolute Gasteiger partial charge is 0.140 e. The molecule has 0 bridgehead atoms. The van der Waals surface area contributed by atoms with Gasteiger partial charge in [-0.25, -0.2) is 10.8 Å². The number of anilines is 1. The summed E-state index contributed by atoms with van der Waals surface area (Å²) in [5.74, 6) is 5.99. The predicted molar refractivity (Wildman–Crippen MR) is 59.0 cm³/mol. The van der Waals surface area contributed by atoms with Crippen LogP contribution in [0.15, 0.2) is 24.3 Å². The molecule has 0 saturated heterocycles. The number of rotatable bonds is 1. The molecule has 1 aromatic heterocycles. The monoisotopic (exact) mass is 187 g/mol. The lowest BCUT2D eigenvalue weighted by Gasteiger charge is -2.06. The third-order valence-electron chi connectivity index (χ3n) is 2.56. The van der Waals surface area contributed by atoms with E-state index in [0.717, 1.165) is 5.52 Å². The fourth-order valence-electron chi connectivity index (χ4n) is 1.54. The Morgan fingerprint density at radius 2 is 1.93 bits per heavy atom. The highest BCUT2D eigenvalue weighted by molar-refractivity contribution is 5.84. The number of pyridine rings is 1. The molecule has 3 heteroatoms. The minimum absolute atomic E-state index is 0.695. The molecule has 0 atom stereocenters. The summed E-state index contributed by atoms with van der Waals surface area (Å²) >= 11 is 0. The second-order valence-corrected chi connectivity index (χ2v) is 3.41. The number of nitrogen functional groups attached to an aromatic ring is 1. The van der Waals surface area contributed by atoms with Crippen molar-refractivity contribution in [1.29, 1.82) is 0 Å². The molecule has 0 amide bonds. The lowest BCUT2D eigenvalue weighted by atomic mass is 10.0. The number of hydrazine groups is 1. The maximum Gasteiger partial charge on any atom is 0.140 e. The van der Waals surface area contributed by atoms with E-state index in [9.17, 15) is 0 Å². The molecule has 2 aromatic rings. The summed E-state index contributed by atoms with van der Waals surface area (Å²) < 4.78 is 0. The number of nitrogens with zero attached hydrogens (tertiary/aromatic N) is 1. The minimum atomic E-state index is 0.695. The maximum absolute atomic E-state index is 5.30. The van der Waals surface area contributed by atoms with Gasteiger partial charge in [0.05, 0.1) is 5.52 Å². The van der Waals surface area contributed by atoms with Gasteiger partial charge in [0.1, 0.15) is 5.82 Å². The number of aromatic nitrogens is 1. The Labute approximate surface area is 82.9 Å². The number of hydrogen-bond donors (Lipinski definition) is 2. The zero-order valence-corrected chi connectivity index (χ0v) is 8.33.